The molecule has 27 heteroatoms. The number of carboxylic acids is 1. The Hall–Kier alpha value is -7.58. The van der Waals surface area contributed by atoms with Crippen LogP contribution in [0.5, 0.6) is 0 Å². The molecular formula is C59H92N12O15. The Labute approximate surface area is 503 Å². The number of alkyl carbamates (subject to hydrolysis) is 2. The van der Waals surface area contributed by atoms with Crippen molar-refractivity contribution >= 4 is 71.3 Å². The normalized spacial score (nSPS) is 18.9. The van der Waals surface area contributed by atoms with Gasteiger partial charge >= 0.3 is 18.2 Å². The van der Waals surface area contributed by atoms with Crippen LogP contribution in [0.1, 0.15) is 129 Å². The molecule has 5 rings (SSSR count). The van der Waals surface area contributed by atoms with E-state index in [1.807, 2.05) is 0 Å². The number of ether oxygens (including phenoxy) is 2. The molecule has 2 aliphatic carbocycles. The molecule has 27 nitrogen and oxygen atoms in total. The number of benzene rings is 1. The van der Waals surface area contributed by atoms with Crippen LogP contribution in [0.25, 0.3) is 0 Å². The fourth-order valence-electron chi connectivity index (χ4n) is 11.7. The summed E-state index contributed by atoms with van der Waals surface area (Å²) in [5, 5.41) is 23.2. The summed E-state index contributed by atoms with van der Waals surface area (Å²) in [5.41, 5.74) is 5.20. The summed E-state index contributed by atoms with van der Waals surface area (Å²) in [4.78, 5) is 171. The van der Waals surface area contributed by atoms with E-state index in [1.165, 1.54) is 52.7 Å². The Morgan fingerprint density at radius 2 is 1.02 bits per heavy atom. The van der Waals surface area contributed by atoms with Gasteiger partial charge < -0.3 is 76.3 Å². The van der Waals surface area contributed by atoms with Crippen molar-refractivity contribution in [3.63, 3.8) is 0 Å². The van der Waals surface area contributed by atoms with Crippen LogP contribution in [0.15, 0.2) is 30.3 Å². The van der Waals surface area contributed by atoms with Crippen LogP contribution in [0.2, 0.25) is 0 Å². The Kier molecular flexibility index (Phi) is 26.8. The fraction of sp³-hybridized carbons (Fsp3) is 0.695. The van der Waals surface area contributed by atoms with Crippen molar-refractivity contribution in [3.05, 3.63) is 35.9 Å². The number of carbonyl (C=O) groups excluding carboxylic acids is 11. The van der Waals surface area contributed by atoms with Crippen LogP contribution < -0.4 is 32.3 Å². The van der Waals surface area contributed by atoms with Gasteiger partial charge in [-0.3, -0.25) is 43.2 Å². The van der Waals surface area contributed by atoms with Crippen LogP contribution in [0.3, 0.4) is 0 Å². The molecule has 6 atom stereocenters. The third-order valence-electron chi connectivity index (χ3n) is 16.4. The maximum absolute atomic E-state index is 14.6. The lowest BCUT2D eigenvalue weighted by Gasteiger charge is -2.38. The van der Waals surface area contributed by atoms with Crippen LogP contribution in [0.4, 0.5) is 9.59 Å². The number of carbonyl (C=O) groups is 12. The van der Waals surface area contributed by atoms with Crippen molar-refractivity contribution in [2.45, 2.75) is 172 Å². The van der Waals surface area contributed by atoms with Gasteiger partial charge in [0.2, 0.25) is 53.2 Å². The van der Waals surface area contributed by atoms with E-state index in [4.69, 9.17) is 15.2 Å². The number of carboxylic acid groups (broad SMARTS) is 1. The molecule has 0 bridgehead atoms. The Morgan fingerprint density at radius 1 is 0.581 bits per heavy atom. The van der Waals surface area contributed by atoms with Crippen LogP contribution >= 0.6 is 0 Å². The van der Waals surface area contributed by atoms with Crippen molar-refractivity contribution in [1.82, 2.24) is 56.0 Å². The van der Waals surface area contributed by atoms with E-state index in [1.54, 1.807) is 51.1 Å². The largest absolute Gasteiger partial charge is 0.480 e. The van der Waals surface area contributed by atoms with Gasteiger partial charge in [-0.1, -0.05) is 68.9 Å². The molecular weight excluding hydrogens is 1120 g/mol. The van der Waals surface area contributed by atoms with Crippen molar-refractivity contribution in [3.8, 4) is 0 Å². The second kappa shape index (κ2) is 33.4. The maximum atomic E-state index is 14.6. The first-order chi connectivity index (χ1) is 40.8. The molecule has 1 aromatic carbocycles. The number of nitrogens with two attached hydrogens (primary N) is 1. The van der Waals surface area contributed by atoms with E-state index < -0.39 is 139 Å². The predicted molar refractivity (Wildman–Crippen MR) is 313 cm³/mol. The highest BCUT2D eigenvalue weighted by Gasteiger charge is 2.42. The number of aliphatic carboxylic acids is 1. The first-order valence-electron chi connectivity index (χ1n) is 30.1. The summed E-state index contributed by atoms with van der Waals surface area (Å²) in [6, 6.07) is 1.57. The summed E-state index contributed by atoms with van der Waals surface area (Å²) < 4.78 is 10.9. The molecule has 0 aromatic heterocycles. The van der Waals surface area contributed by atoms with Crippen LogP contribution in [-0.2, 0) is 64.0 Å². The van der Waals surface area contributed by atoms with Crippen LogP contribution in [0, 0.1) is 11.8 Å². The number of rotatable bonds is 25. The Morgan fingerprint density at radius 3 is 1.49 bits per heavy atom. The second-order valence-corrected chi connectivity index (χ2v) is 24.0. The lowest BCUT2D eigenvalue weighted by molar-refractivity contribution is -0.153. The minimum absolute atomic E-state index is 0.0805. The molecule has 0 radical (unpaired) electrons. The van der Waals surface area contributed by atoms with Crippen molar-refractivity contribution in [2.75, 3.05) is 80.5 Å². The maximum Gasteiger partial charge on any atom is 0.408 e. The standard InChI is InChI=1S/C59H92N12O15/c1-59(2,3)86-58(84)65-42(33-62-53(78)49(39-23-13-9-14-24-39)68(6)47(74)35-66(4)45(72)31-60)54(79)70-29-19-17-27-43(70)51(76)63-34-46(73)67(5)36-48(75)69(7)50(40-25-15-10-16-26-40)52(77)61-32-41(55(80)71-30-20-18-28-44(71)56(81)82)64-57(83)85-37-38-21-11-8-12-22-38/h8,11-12,21-22,39-44,49-50H,9-10,13-20,23-37,60H2,1-7H3,(H,61,77)(H,62,78)(H,63,76)(H,64,83)(H,65,84)(H,81,82)/t41-,42-,43+,44+,49+,50+/m1/s1. The number of amides is 11. The predicted octanol–water partition coefficient (Wildman–Crippen LogP) is 1.06. The number of hydrogen-bond acceptors (Lipinski definition) is 15. The average molecular weight is 1210 g/mol. The Bertz CT molecular complexity index is 2540. The van der Waals surface area contributed by atoms with E-state index in [9.17, 15) is 62.6 Å². The molecule has 2 saturated heterocycles. The van der Waals surface area contributed by atoms with Crippen molar-refractivity contribution < 1.29 is 72.1 Å². The Balaban J connectivity index is 1.25. The van der Waals surface area contributed by atoms with Gasteiger partial charge in [0.1, 0.15) is 48.5 Å². The zero-order valence-electron chi connectivity index (χ0n) is 51.1. The summed E-state index contributed by atoms with van der Waals surface area (Å²) in [6.45, 7) is 2.31. The number of piperidine rings is 2. The van der Waals surface area contributed by atoms with Gasteiger partial charge in [0.15, 0.2) is 0 Å². The lowest BCUT2D eigenvalue weighted by Crippen LogP contribution is -2.61. The molecule has 8 N–H and O–H groups in total. The molecule has 478 valence electrons. The SMILES string of the molecule is CN(CC(=O)N(C)[C@H](C(=O)NC[C@@H](NC(=O)OC(C)(C)C)C(=O)N1CCCC[C@H]1C(=O)NCC(=O)N(C)CC(=O)N(C)[C@H](C(=O)NC[C@@H](NC(=O)OCc1ccccc1)C(=O)N1CCCC[C@H]1C(=O)O)C1CCCCC1)C1CCCCC1)C(=O)CN. The van der Waals surface area contributed by atoms with Gasteiger partial charge in [0.05, 0.1) is 26.2 Å². The molecule has 4 fully saturated rings. The highest BCUT2D eigenvalue weighted by atomic mass is 16.6. The fourth-order valence-corrected chi connectivity index (χ4v) is 11.7. The first-order valence-corrected chi connectivity index (χ1v) is 30.1. The highest BCUT2D eigenvalue weighted by Crippen LogP contribution is 2.31. The number of hydrogen-bond donors (Lipinski definition) is 7. The molecule has 0 spiro atoms. The summed E-state index contributed by atoms with van der Waals surface area (Å²) in [7, 11) is 5.70. The molecule has 1 aromatic rings. The van der Waals surface area contributed by atoms with Crippen molar-refractivity contribution in [2.24, 2.45) is 17.6 Å². The third kappa shape index (κ3) is 20.6. The minimum atomic E-state index is -1.46. The number of nitrogens with zero attached hydrogens (tertiary/aromatic N) is 6. The molecule has 0 unspecified atom stereocenters. The zero-order valence-corrected chi connectivity index (χ0v) is 51.1. The van der Waals surface area contributed by atoms with E-state index in [-0.39, 0.29) is 57.5 Å². The second-order valence-electron chi connectivity index (χ2n) is 24.0. The smallest absolute Gasteiger partial charge is 0.408 e. The van der Waals surface area contributed by atoms with Gasteiger partial charge in [-0.25, -0.2) is 14.4 Å². The lowest BCUT2D eigenvalue weighted by atomic mass is 9.82. The van der Waals surface area contributed by atoms with E-state index in [0.29, 0.717) is 56.9 Å². The number of likely N-dealkylation sites (tertiary alicyclic amines) is 2. The van der Waals surface area contributed by atoms with Gasteiger partial charge in [0, 0.05) is 54.4 Å². The average Bonchev–Trinajstić information content (AvgIpc) is 2.17. The molecule has 2 heterocycles. The highest BCUT2D eigenvalue weighted by molar-refractivity contribution is 5.96. The van der Waals surface area contributed by atoms with Gasteiger partial charge in [0.25, 0.3) is 0 Å². The topological polar surface area (TPSA) is 349 Å². The van der Waals surface area contributed by atoms with Gasteiger partial charge in [-0.2, -0.15) is 0 Å². The number of likely N-dealkylation sites (N-methyl/N-ethyl adjacent to an activating group) is 4. The van der Waals surface area contributed by atoms with Crippen molar-refractivity contribution in [1.29, 1.82) is 0 Å². The summed E-state index contributed by atoms with van der Waals surface area (Å²) in [6.07, 6.45) is 8.10. The quantitative estimate of drug-likeness (QED) is 0.0720. The molecule has 86 heavy (non-hydrogen) atoms. The molecule has 4 aliphatic rings. The monoisotopic (exact) mass is 1210 g/mol. The summed E-state index contributed by atoms with van der Waals surface area (Å²) in [5.74, 6) is -7.42. The summed E-state index contributed by atoms with van der Waals surface area (Å²) >= 11 is 0. The third-order valence-corrected chi connectivity index (χ3v) is 16.4. The molecule has 2 saturated carbocycles. The van der Waals surface area contributed by atoms with Gasteiger partial charge in [-0.05, 0) is 102 Å². The van der Waals surface area contributed by atoms with Gasteiger partial charge in [-0.15, -0.1) is 0 Å². The first kappa shape index (κ1) is 69.2. The molecule has 11 amide bonds. The number of nitrogens with one attached hydrogen (secondary N) is 5. The van der Waals surface area contributed by atoms with E-state index in [0.717, 1.165) is 43.4 Å². The zero-order chi connectivity index (χ0) is 63.3. The van der Waals surface area contributed by atoms with Crippen LogP contribution in [-0.4, -0.2) is 228 Å². The molecule has 2 aliphatic heterocycles. The van der Waals surface area contributed by atoms with E-state index >= 15 is 0 Å². The van der Waals surface area contributed by atoms with E-state index in [2.05, 4.69) is 26.6 Å². The minimum Gasteiger partial charge on any atom is -0.480 e.